The molecular weight excluding hydrogens is 225 g/mol. The van der Waals surface area contributed by atoms with Gasteiger partial charge in [-0.2, -0.15) is 0 Å². The maximum absolute atomic E-state index is 12.6. The van der Waals surface area contributed by atoms with Gasteiger partial charge >= 0.3 is 5.97 Å². The molecule has 1 aromatic carbocycles. The Kier molecular flexibility index (Phi) is 3.37. The Balaban J connectivity index is 1.84. The summed E-state index contributed by atoms with van der Waals surface area (Å²) in [6.45, 7) is 0.0888. The van der Waals surface area contributed by atoms with Gasteiger partial charge in [-0.1, -0.05) is 12.1 Å². The number of halogens is 1. The summed E-state index contributed by atoms with van der Waals surface area (Å²) in [5.74, 6) is -0.906. The van der Waals surface area contributed by atoms with Gasteiger partial charge in [0.1, 0.15) is 18.5 Å². The van der Waals surface area contributed by atoms with Gasteiger partial charge in [0.15, 0.2) is 0 Å². The zero-order chi connectivity index (χ0) is 12.3. The average molecular weight is 237 g/mol. The Hall–Kier alpha value is -1.91. The maximum atomic E-state index is 12.6. The van der Waals surface area contributed by atoms with Crippen LogP contribution in [-0.4, -0.2) is 17.9 Å². The lowest BCUT2D eigenvalue weighted by molar-refractivity contribution is -0.147. The first-order valence-corrected chi connectivity index (χ1v) is 5.35. The number of esters is 1. The summed E-state index contributed by atoms with van der Waals surface area (Å²) < 4.78 is 17.6. The molecule has 1 saturated heterocycles. The van der Waals surface area contributed by atoms with Crippen LogP contribution < -0.4 is 5.32 Å². The third kappa shape index (κ3) is 3.03. The van der Waals surface area contributed by atoms with E-state index in [2.05, 4.69) is 5.32 Å². The first-order valence-electron chi connectivity index (χ1n) is 5.35. The zero-order valence-corrected chi connectivity index (χ0v) is 9.11. The minimum Gasteiger partial charge on any atom is -0.459 e. The smallest absolute Gasteiger partial charge is 0.328 e. The van der Waals surface area contributed by atoms with Crippen molar-refractivity contribution in [3.05, 3.63) is 35.6 Å². The van der Waals surface area contributed by atoms with E-state index in [0.717, 1.165) is 0 Å². The van der Waals surface area contributed by atoms with Crippen LogP contribution in [0.2, 0.25) is 0 Å². The van der Waals surface area contributed by atoms with Crippen LogP contribution in [0.25, 0.3) is 0 Å². The summed E-state index contributed by atoms with van der Waals surface area (Å²) in [4.78, 5) is 22.4. The van der Waals surface area contributed by atoms with Crippen LogP contribution in [0.4, 0.5) is 4.39 Å². The van der Waals surface area contributed by atoms with Crippen LogP contribution in [0.5, 0.6) is 0 Å². The van der Waals surface area contributed by atoms with Crippen LogP contribution in [0.1, 0.15) is 18.4 Å². The number of carbonyl (C=O) groups excluding carboxylic acids is 2. The van der Waals surface area contributed by atoms with Gasteiger partial charge in [0, 0.05) is 6.42 Å². The van der Waals surface area contributed by atoms with E-state index < -0.39 is 12.0 Å². The van der Waals surface area contributed by atoms with Gasteiger partial charge in [0.25, 0.3) is 0 Å². The number of hydrogen-bond donors (Lipinski definition) is 1. The molecule has 2 rings (SSSR count). The minimum atomic E-state index is -0.539. The molecule has 1 fully saturated rings. The third-order valence-corrected chi connectivity index (χ3v) is 2.57. The molecule has 1 N–H and O–H groups in total. The second-order valence-electron chi connectivity index (χ2n) is 3.89. The second-order valence-corrected chi connectivity index (χ2v) is 3.89. The molecule has 90 valence electrons. The fraction of sp³-hybridized carbons (Fsp3) is 0.333. The standard InChI is InChI=1S/C12H12FNO3/c13-9-3-1-8(2-4-9)7-17-12(16)10-5-6-11(15)14-10/h1-4,10H,5-7H2,(H,14,15). The van der Waals surface area contributed by atoms with Gasteiger partial charge in [-0.15, -0.1) is 0 Å². The van der Waals surface area contributed by atoms with Crippen LogP contribution in [0, 0.1) is 5.82 Å². The molecule has 1 aliphatic heterocycles. The van der Waals surface area contributed by atoms with Crippen molar-refractivity contribution >= 4 is 11.9 Å². The van der Waals surface area contributed by atoms with Crippen molar-refractivity contribution in [1.82, 2.24) is 5.32 Å². The van der Waals surface area contributed by atoms with Gasteiger partial charge < -0.3 is 10.1 Å². The number of benzene rings is 1. The van der Waals surface area contributed by atoms with Gasteiger partial charge in [0.05, 0.1) is 0 Å². The molecular formula is C12H12FNO3. The lowest BCUT2D eigenvalue weighted by Gasteiger charge is -2.09. The van der Waals surface area contributed by atoms with E-state index in [4.69, 9.17) is 4.74 Å². The quantitative estimate of drug-likeness (QED) is 0.802. The lowest BCUT2D eigenvalue weighted by Crippen LogP contribution is -2.34. The van der Waals surface area contributed by atoms with Crippen molar-refractivity contribution in [3.8, 4) is 0 Å². The topological polar surface area (TPSA) is 55.4 Å². The Bertz CT molecular complexity index is 430. The highest BCUT2D eigenvalue weighted by molar-refractivity contribution is 5.88. The molecule has 1 heterocycles. The number of carbonyl (C=O) groups is 2. The Morgan fingerprint density at radius 1 is 1.41 bits per heavy atom. The highest BCUT2D eigenvalue weighted by Crippen LogP contribution is 2.10. The van der Waals surface area contributed by atoms with Crippen molar-refractivity contribution in [2.45, 2.75) is 25.5 Å². The Morgan fingerprint density at radius 2 is 2.12 bits per heavy atom. The second kappa shape index (κ2) is 4.95. The molecule has 4 nitrogen and oxygen atoms in total. The molecule has 0 aliphatic carbocycles. The lowest BCUT2D eigenvalue weighted by atomic mass is 10.2. The molecule has 1 atom stereocenters. The molecule has 0 bridgehead atoms. The number of nitrogens with one attached hydrogen (secondary N) is 1. The SMILES string of the molecule is O=C1CCC(C(=O)OCc2ccc(F)cc2)N1. The normalized spacial score (nSPS) is 18.9. The van der Waals surface area contributed by atoms with E-state index in [-0.39, 0.29) is 18.3 Å². The molecule has 0 aromatic heterocycles. The van der Waals surface area contributed by atoms with Gasteiger partial charge in [0.2, 0.25) is 5.91 Å². The predicted molar refractivity (Wildman–Crippen MR) is 57.4 cm³/mol. The van der Waals surface area contributed by atoms with Crippen LogP contribution in [0.15, 0.2) is 24.3 Å². The number of amides is 1. The Morgan fingerprint density at radius 3 is 2.71 bits per heavy atom. The van der Waals surface area contributed by atoms with Crippen molar-refractivity contribution in [2.24, 2.45) is 0 Å². The molecule has 5 heteroatoms. The fourth-order valence-electron chi connectivity index (χ4n) is 1.63. The van der Waals surface area contributed by atoms with Gasteiger partial charge in [-0.25, -0.2) is 9.18 Å². The zero-order valence-electron chi connectivity index (χ0n) is 9.11. The van der Waals surface area contributed by atoms with E-state index in [1.54, 1.807) is 12.1 Å². The van der Waals surface area contributed by atoms with E-state index in [9.17, 15) is 14.0 Å². The van der Waals surface area contributed by atoms with Crippen molar-refractivity contribution < 1.29 is 18.7 Å². The maximum Gasteiger partial charge on any atom is 0.328 e. The average Bonchev–Trinajstić information content (AvgIpc) is 2.75. The molecule has 1 unspecified atom stereocenters. The highest BCUT2D eigenvalue weighted by Gasteiger charge is 2.28. The van der Waals surface area contributed by atoms with Crippen LogP contribution in [0.3, 0.4) is 0 Å². The van der Waals surface area contributed by atoms with Crippen molar-refractivity contribution in [2.75, 3.05) is 0 Å². The molecule has 0 spiro atoms. The largest absolute Gasteiger partial charge is 0.459 e. The van der Waals surface area contributed by atoms with Gasteiger partial charge in [-0.3, -0.25) is 4.79 Å². The summed E-state index contributed by atoms with van der Waals surface area (Å²) in [6, 6.07) is 5.18. The molecule has 0 radical (unpaired) electrons. The molecule has 17 heavy (non-hydrogen) atoms. The number of rotatable bonds is 3. The van der Waals surface area contributed by atoms with E-state index in [1.165, 1.54) is 12.1 Å². The fourth-order valence-corrected chi connectivity index (χ4v) is 1.63. The van der Waals surface area contributed by atoms with E-state index >= 15 is 0 Å². The summed E-state index contributed by atoms with van der Waals surface area (Å²) >= 11 is 0. The molecule has 1 aliphatic rings. The third-order valence-electron chi connectivity index (χ3n) is 2.57. The first kappa shape index (κ1) is 11.6. The van der Waals surface area contributed by atoms with Crippen molar-refractivity contribution in [3.63, 3.8) is 0 Å². The summed E-state index contributed by atoms with van der Waals surface area (Å²) in [6.07, 6.45) is 0.831. The summed E-state index contributed by atoms with van der Waals surface area (Å²) in [5.41, 5.74) is 0.712. The predicted octanol–water partition coefficient (Wildman–Crippen LogP) is 1.15. The summed E-state index contributed by atoms with van der Waals surface area (Å²) in [7, 11) is 0. The minimum absolute atomic E-state index is 0.0888. The molecule has 1 aromatic rings. The number of ether oxygens (including phenoxy) is 1. The van der Waals surface area contributed by atoms with Gasteiger partial charge in [-0.05, 0) is 24.1 Å². The van der Waals surface area contributed by atoms with Crippen molar-refractivity contribution in [1.29, 1.82) is 0 Å². The summed E-state index contributed by atoms with van der Waals surface area (Å²) in [5, 5.41) is 2.53. The molecule has 1 amide bonds. The highest BCUT2D eigenvalue weighted by atomic mass is 19.1. The first-order chi connectivity index (χ1) is 8.15. The van der Waals surface area contributed by atoms with Crippen LogP contribution in [-0.2, 0) is 20.9 Å². The van der Waals surface area contributed by atoms with Crippen LogP contribution >= 0.6 is 0 Å². The monoisotopic (exact) mass is 237 g/mol. The Labute approximate surface area is 97.8 Å². The van der Waals surface area contributed by atoms with E-state index in [1.807, 2.05) is 0 Å². The van der Waals surface area contributed by atoms with E-state index in [0.29, 0.717) is 18.4 Å². The molecule has 0 saturated carbocycles. The number of hydrogen-bond acceptors (Lipinski definition) is 3.